The summed E-state index contributed by atoms with van der Waals surface area (Å²) in [7, 11) is 2.23. The van der Waals surface area contributed by atoms with Crippen molar-refractivity contribution in [2.75, 3.05) is 39.1 Å². The Kier molecular flexibility index (Phi) is 6.02. The minimum Gasteiger partial charge on any atom is -0.493 e. The van der Waals surface area contributed by atoms with E-state index < -0.39 is 23.7 Å². The molecule has 0 atom stereocenters. The molecule has 1 fully saturated rings. The van der Waals surface area contributed by atoms with Crippen molar-refractivity contribution in [1.29, 1.82) is 0 Å². The molecule has 0 saturated heterocycles. The van der Waals surface area contributed by atoms with E-state index in [2.05, 4.69) is 4.74 Å². The molecule has 1 aromatic carbocycles. The smallest absolute Gasteiger partial charge is 0.416 e. The number of benzene rings is 1. The Morgan fingerprint density at radius 3 is 2.41 bits per heavy atom. The van der Waals surface area contributed by atoms with Gasteiger partial charge in [0.2, 0.25) is 0 Å². The third-order valence-electron chi connectivity index (χ3n) is 4.55. The van der Waals surface area contributed by atoms with Crippen LogP contribution in [0.3, 0.4) is 0 Å². The van der Waals surface area contributed by atoms with Gasteiger partial charge in [-0.05, 0) is 30.9 Å². The minimum atomic E-state index is -4.63. The van der Waals surface area contributed by atoms with E-state index >= 15 is 0 Å². The van der Waals surface area contributed by atoms with Crippen LogP contribution in [0.15, 0.2) is 29.5 Å². The summed E-state index contributed by atoms with van der Waals surface area (Å²) < 4.78 is 60.5. The monoisotopic (exact) mass is 415 g/mol. The predicted octanol–water partition coefficient (Wildman–Crippen LogP) is 2.89. The van der Waals surface area contributed by atoms with Gasteiger partial charge < -0.3 is 23.8 Å². The van der Waals surface area contributed by atoms with Crippen molar-refractivity contribution in [1.82, 2.24) is 0 Å². The lowest BCUT2D eigenvalue weighted by Gasteiger charge is -2.32. The highest BCUT2D eigenvalue weighted by molar-refractivity contribution is 6.03. The highest BCUT2D eigenvalue weighted by Gasteiger charge is 2.36. The molecule has 29 heavy (non-hydrogen) atoms. The SMILES string of the molecule is COC(=O)C1=C(C(=O)OC)N(c2cc(OCC3CC3)cc(C(F)(F)F)c2)COC1. The number of carbonyl (C=O) groups is 2. The molecule has 1 heterocycles. The molecule has 0 bridgehead atoms. The Bertz CT molecular complexity index is 832. The topological polar surface area (TPSA) is 74.3 Å². The van der Waals surface area contributed by atoms with Gasteiger partial charge in [0.15, 0.2) is 0 Å². The Hall–Kier alpha value is -2.75. The van der Waals surface area contributed by atoms with Crippen LogP contribution in [-0.4, -0.2) is 46.1 Å². The molecule has 1 aliphatic carbocycles. The van der Waals surface area contributed by atoms with Crippen molar-refractivity contribution in [2.24, 2.45) is 5.92 Å². The molecule has 158 valence electrons. The zero-order valence-electron chi connectivity index (χ0n) is 15.9. The molecular weight excluding hydrogens is 395 g/mol. The van der Waals surface area contributed by atoms with E-state index in [4.69, 9.17) is 14.2 Å². The van der Waals surface area contributed by atoms with Crippen LogP contribution in [0.25, 0.3) is 0 Å². The van der Waals surface area contributed by atoms with Gasteiger partial charge in [0, 0.05) is 11.8 Å². The van der Waals surface area contributed by atoms with Crippen LogP contribution in [0.1, 0.15) is 18.4 Å². The lowest BCUT2D eigenvalue weighted by molar-refractivity contribution is -0.140. The number of carbonyl (C=O) groups excluding carboxylic acids is 2. The number of rotatable bonds is 6. The molecule has 1 aromatic rings. The van der Waals surface area contributed by atoms with Crippen LogP contribution >= 0.6 is 0 Å². The summed E-state index contributed by atoms with van der Waals surface area (Å²) in [4.78, 5) is 25.5. The second-order valence-electron chi connectivity index (χ2n) is 6.68. The summed E-state index contributed by atoms with van der Waals surface area (Å²) in [5.41, 5.74) is -1.36. The van der Waals surface area contributed by atoms with E-state index in [0.29, 0.717) is 12.5 Å². The lowest BCUT2D eigenvalue weighted by Crippen LogP contribution is -2.38. The molecule has 1 saturated carbocycles. The van der Waals surface area contributed by atoms with Crippen LogP contribution < -0.4 is 9.64 Å². The number of esters is 2. The van der Waals surface area contributed by atoms with Crippen LogP contribution in [0.4, 0.5) is 18.9 Å². The Balaban J connectivity index is 2.06. The van der Waals surface area contributed by atoms with Crippen molar-refractivity contribution < 1.29 is 41.7 Å². The first-order valence-electron chi connectivity index (χ1n) is 8.84. The maximum atomic E-state index is 13.4. The quantitative estimate of drug-likeness (QED) is 0.662. The lowest BCUT2D eigenvalue weighted by atomic mass is 10.1. The number of hydrogen-bond donors (Lipinski definition) is 0. The molecule has 0 unspecified atom stereocenters. The number of alkyl halides is 3. The van der Waals surface area contributed by atoms with Crippen molar-refractivity contribution in [2.45, 2.75) is 19.0 Å². The molecule has 1 aliphatic heterocycles. The van der Waals surface area contributed by atoms with Crippen LogP contribution in [0.2, 0.25) is 0 Å². The van der Waals surface area contributed by atoms with Gasteiger partial charge in [0.25, 0.3) is 0 Å². The van der Waals surface area contributed by atoms with Gasteiger partial charge in [-0.1, -0.05) is 0 Å². The Morgan fingerprint density at radius 2 is 1.83 bits per heavy atom. The van der Waals surface area contributed by atoms with Crippen molar-refractivity contribution in [3.8, 4) is 5.75 Å². The third-order valence-corrected chi connectivity index (χ3v) is 4.55. The van der Waals surface area contributed by atoms with E-state index in [1.165, 1.54) is 6.07 Å². The van der Waals surface area contributed by atoms with E-state index in [1.54, 1.807) is 0 Å². The summed E-state index contributed by atoms with van der Waals surface area (Å²) in [6.07, 6.45) is -2.68. The zero-order chi connectivity index (χ0) is 21.2. The van der Waals surface area contributed by atoms with Crippen molar-refractivity contribution >= 4 is 17.6 Å². The average molecular weight is 415 g/mol. The van der Waals surface area contributed by atoms with Gasteiger partial charge in [0.05, 0.1) is 38.6 Å². The van der Waals surface area contributed by atoms with Crippen LogP contribution in [-0.2, 0) is 30.0 Å². The van der Waals surface area contributed by atoms with E-state index in [1.807, 2.05) is 0 Å². The zero-order valence-corrected chi connectivity index (χ0v) is 15.9. The summed E-state index contributed by atoms with van der Waals surface area (Å²) in [6, 6.07) is 3.13. The van der Waals surface area contributed by atoms with Crippen molar-refractivity contribution in [3.05, 3.63) is 35.0 Å². The van der Waals surface area contributed by atoms with Gasteiger partial charge in [-0.3, -0.25) is 0 Å². The highest BCUT2D eigenvalue weighted by atomic mass is 19.4. The number of anilines is 1. The fraction of sp³-hybridized carbons (Fsp3) is 0.474. The molecular formula is C19H20F3NO6. The molecule has 0 radical (unpaired) electrons. The molecule has 0 amide bonds. The van der Waals surface area contributed by atoms with E-state index in [9.17, 15) is 22.8 Å². The van der Waals surface area contributed by atoms with E-state index in [-0.39, 0.29) is 36.0 Å². The number of halogens is 3. The van der Waals surface area contributed by atoms with Gasteiger partial charge in [-0.2, -0.15) is 13.2 Å². The maximum Gasteiger partial charge on any atom is 0.416 e. The van der Waals surface area contributed by atoms with E-state index in [0.717, 1.165) is 44.1 Å². The van der Waals surface area contributed by atoms with Gasteiger partial charge in [0.1, 0.15) is 18.2 Å². The highest BCUT2D eigenvalue weighted by Crippen LogP contribution is 2.38. The van der Waals surface area contributed by atoms with Gasteiger partial charge in [-0.15, -0.1) is 0 Å². The van der Waals surface area contributed by atoms with Crippen LogP contribution in [0.5, 0.6) is 5.75 Å². The number of methoxy groups -OCH3 is 2. The molecule has 0 spiro atoms. The van der Waals surface area contributed by atoms with Gasteiger partial charge in [-0.25, -0.2) is 9.59 Å². The normalized spacial score (nSPS) is 17.2. The molecule has 10 heteroatoms. The van der Waals surface area contributed by atoms with Crippen LogP contribution in [0, 0.1) is 5.92 Å². The summed E-state index contributed by atoms with van der Waals surface area (Å²) in [5.74, 6) is -1.39. The molecule has 0 aromatic heterocycles. The summed E-state index contributed by atoms with van der Waals surface area (Å²) >= 11 is 0. The minimum absolute atomic E-state index is 0.0103. The van der Waals surface area contributed by atoms with Gasteiger partial charge >= 0.3 is 18.1 Å². The first-order chi connectivity index (χ1) is 13.7. The maximum absolute atomic E-state index is 13.4. The Labute approximate surface area is 165 Å². The van der Waals surface area contributed by atoms with Crippen molar-refractivity contribution in [3.63, 3.8) is 0 Å². The second kappa shape index (κ2) is 8.32. The number of nitrogens with zero attached hydrogens (tertiary/aromatic N) is 1. The summed E-state index contributed by atoms with van der Waals surface area (Å²) in [6.45, 7) is -0.184. The first-order valence-corrected chi connectivity index (χ1v) is 8.84. The largest absolute Gasteiger partial charge is 0.493 e. The standard InChI is InChI=1S/C19H20F3NO6/c1-26-17(24)15-9-28-10-23(16(15)18(25)27-2)13-5-12(19(20,21)22)6-14(7-13)29-8-11-3-4-11/h5-7,11H,3-4,8-10H2,1-2H3. The predicted molar refractivity (Wildman–Crippen MR) is 94.0 cm³/mol. The molecule has 3 rings (SSSR count). The molecule has 7 nitrogen and oxygen atoms in total. The average Bonchev–Trinajstić information content (AvgIpc) is 3.54. The number of ether oxygens (including phenoxy) is 4. The first kappa shape index (κ1) is 21.0. The fourth-order valence-electron chi connectivity index (χ4n) is 2.83. The second-order valence-corrected chi connectivity index (χ2v) is 6.68. The fourth-order valence-corrected chi connectivity index (χ4v) is 2.83. The summed E-state index contributed by atoms with van der Waals surface area (Å²) in [5, 5.41) is 0. The number of hydrogen-bond acceptors (Lipinski definition) is 7. The molecule has 0 N–H and O–H groups in total. The third kappa shape index (κ3) is 4.81. The Morgan fingerprint density at radius 1 is 1.14 bits per heavy atom. The molecule has 2 aliphatic rings.